The van der Waals surface area contributed by atoms with Gasteiger partial charge in [-0.15, -0.1) is 63.1 Å². The Bertz CT molecular complexity index is 3510. The van der Waals surface area contributed by atoms with Gasteiger partial charge in [0, 0.05) is 80.1 Å². The quantitative estimate of drug-likeness (QED) is 0.0377. The van der Waals surface area contributed by atoms with Gasteiger partial charge in [0.2, 0.25) is 0 Å². The second-order valence-electron chi connectivity index (χ2n) is 23.0. The number of rotatable bonds is 15. The maximum atomic E-state index is 4.26. The summed E-state index contributed by atoms with van der Waals surface area (Å²) in [5.74, 6) is 31.8. The van der Waals surface area contributed by atoms with Gasteiger partial charge in [-0.05, 0) is 274 Å². The molecule has 0 atom stereocenters. The second-order valence-corrected chi connectivity index (χ2v) is 25.6. The summed E-state index contributed by atoms with van der Waals surface area (Å²) in [5, 5.41) is 0. The minimum Gasteiger partial charge on any atom is -0.269 e. The van der Waals surface area contributed by atoms with Crippen molar-refractivity contribution in [1.29, 1.82) is 0 Å². The first-order valence-electron chi connectivity index (χ1n) is 33.4. The van der Waals surface area contributed by atoms with Crippen molar-refractivity contribution in [3.05, 3.63) is 326 Å². The van der Waals surface area contributed by atoms with E-state index in [1.807, 2.05) is 121 Å². The fraction of sp³-hybridized carbons (Fsp3) is 0.222. The van der Waals surface area contributed by atoms with Crippen molar-refractivity contribution in [3.63, 3.8) is 0 Å². The Hall–Kier alpha value is -8.60. The van der Waals surface area contributed by atoms with E-state index in [0.717, 1.165) is 112 Å². The number of thiol groups is 5. The molecule has 0 saturated carbocycles. The van der Waals surface area contributed by atoms with Crippen LogP contribution in [0.15, 0.2) is 267 Å². The molecule has 0 aliphatic rings. The number of halogens is 5. The van der Waals surface area contributed by atoms with E-state index >= 15 is 0 Å². The molecule has 0 unspecified atom stereocenters. The molecule has 0 spiro atoms. The van der Waals surface area contributed by atoms with Crippen molar-refractivity contribution in [2.45, 2.75) is 155 Å². The highest BCUT2D eigenvalue weighted by Gasteiger charge is 1.99. The molecule has 100 heavy (non-hydrogen) atoms. The molecular formula is C90H95F5S5. The summed E-state index contributed by atoms with van der Waals surface area (Å²) >= 11 is 21.3. The van der Waals surface area contributed by atoms with Crippen LogP contribution < -0.4 is 0 Å². The smallest absolute Gasteiger partial charge is 0.0249 e. The summed E-state index contributed by atoms with van der Waals surface area (Å²) in [7, 11) is 0. The van der Waals surface area contributed by atoms with E-state index in [1.54, 1.807) is 0 Å². The molecule has 10 aromatic carbocycles. The normalized spacial score (nSPS) is 9.30. The van der Waals surface area contributed by atoms with Gasteiger partial charge in [-0.3, -0.25) is 23.5 Å². The fourth-order valence-electron chi connectivity index (χ4n) is 9.12. The Morgan fingerprint density at radius 1 is 0.170 bits per heavy atom. The number of aryl methyl sites for hydroxylation is 5. The van der Waals surface area contributed by atoms with Gasteiger partial charge in [-0.2, -0.15) is 0 Å². The highest BCUT2D eigenvalue weighted by Crippen LogP contribution is 2.16. The van der Waals surface area contributed by atoms with Crippen LogP contribution in [0.2, 0.25) is 0 Å². The highest BCUT2D eigenvalue weighted by atomic mass is 32.1. The fourth-order valence-corrected chi connectivity index (χ4v) is 9.87. The van der Waals surface area contributed by atoms with E-state index < -0.39 is 0 Å². The van der Waals surface area contributed by atoms with Crippen molar-refractivity contribution in [2.75, 3.05) is 0 Å². The number of hydrogen-bond acceptors (Lipinski definition) is 5. The third-order valence-corrected chi connectivity index (χ3v) is 16.4. The second kappa shape index (κ2) is 53.3. The van der Waals surface area contributed by atoms with E-state index in [-0.39, 0.29) is 23.5 Å². The van der Waals surface area contributed by atoms with Crippen molar-refractivity contribution in [1.82, 2.24) is 0 Å². The van der Waals surface area contributed by atoms with Crippen LogP contribution in [0, 0.1) is 59.2 Å². The minimum atomic E-state index is 0. The Morgan fingerprint density at radius 3 is 0.370 bits per heavy atom. The van der Waals surface area contributed by atoms with E-state index in [9.17, 15) is 0 Å². The molecule has 0 aromatic heterocycles. The van der Waals surface area contributed by atoms with Gasteiger partial charge in [0.05, 0.1) is 0 Å². The van der Waals surface area contributed by atoms with E-state index in [4.69, 9.17) is 0 Å². The Labute approximate surface area is 622 Å². The average Bonchev–Trinajstić information content (AvgIpc) is 1.06. The molecule has 0 amide bonds. The van der Waals surface area contributed by atoms with Crippen LogP contribution in [-0.2, 0) is 32.1 Å². The Balaban J connectivity index is 0.000000617. The van der Waals surface area contributed by atoms with Gasteiger partial charge in [0.25, 0.3) is 0 Å². The summed E-state index contributed by atoms with van der Waals surface area (Å²) in [6.45, 7) is 11.1. The van der Waals surface area contributed by atoms with Crippen LogP contribution in [0.4, 0.5) is 23.5 Å². The molecule has 0 fully saturated rings. The number of unbranched alkanes of at least 4 members (excludes halogenated alkanes) is 5. The van der Waals surface area contributed by atoms with Crippen molar-refractivity contribution in [3.8, 4) is 59.2 Å². The molecule has 0 aliphatic heterocycles. The van der Waals surface area contributed by atoms with Gasteiger partial charge >= 0.3 is 0 Å². The summed E-state index contributed by atoms with van der Waals surface area (Å²) in [6.07, 6.45) is 18.3. The Morgan fingerprint density at radius 2 is 0.270 bits per heavy atom. The SMILES string of the molecule is CCCCc1ccc(C#Cc2ccc(S)cc2)cc1.CCCCc1ccc(C#Cc2ccc(S)cc2)cc1.CCCCc1ccc(C#Cc2ccc(S)cc2)cc1.CCCCc1ccc(C#Cc2ccc(S)cc2)cc1.CCCCc1ccc(C#Cc2ccc(S)cc2)cc1.F.F.F.F.F. The lowest BCUT2D eigenvalue weighted by molar-refractivity contribution is 0.795. The van der Waals surface area contributed by atoms with Crippen molar-refractivity contribution >= 4 is 63.1 Å². The van der Waals surface area contributed by atoms with E-state index in [0.29, 0.717) is 0 Å². The molecule has 10 aromatic rings. The van der Waals surface area contributed by atoms with Crippen molar-refractivity contribution in [2.24, 2.45) is 0 Å². The van der Waals surface area contributed by atoms with Gasteiger partial charge in [-0.25, -0.2) is 0 Å². The predicted molar refractivity (Wildman–Crippen MR) is 436 cm³/mol. The molecule has 0 saturated heterocycles. The molecule has 0 N–H and O–H groups in total. The lowest BCUT2D eigenvalue weighted by Gasteiger charge is -1.99. The molecule has 0 nitrogen and oxygen atoms in total. The first-order chi connectivity index (χ1) is 46.4. The summed E-state index contributed by atoms with van der Waals surface area (Å²) < 4.78 is 0. The van der Waals surface area contributed by atoms with E-state index in [1.165, 1.54) is 92.0 Å². The first-order valence-corrected chi connectivity index (χ1v) is 35.6. The largest absolute Gasteiger partial charge is 0.269 e. The number of hydrogen-bond donors (Lipinski definition) is 5. The standard InChI is InChI=1S/5C18H18S.5FH/c5*1-2-3-4-15-5-7-16(8-6-15)9-10-17-11-13-18(19)14-12-17;;;;;/h5*5-8,11-14,19H,2-4H2,1H3;5*1H. The van der Waals surface area contributed by atoms with Crippen LogP contribution >= 0.6 is 63.1 Å². The van der Waals surface area contributed by atoms with Gasteiger partial charge < -0.3 is 0 Å². The molecule has 10 heteroatoms. The zero-order valence-electron chi connectivity index (χ0n) is 58.0. The molecule has 520 valence electrons. The van der Waals surface area contributed by atoms with Crippen LogP contribution in [0.1, 0.15) is 182 Å². The minimum absolute atomic E-state index is 0. The van der Waals surface area contributed by atoms with Crippen LogP contribution in [0.25, 0.3) is 0 Å². The lowest BCUT2D eigenvalue weighted by atomic mass is 10.1. The summed E-state index contributed by atoms with van der Waals surface area (Å²) in [5.41, 5.74) is 17.4. The predicted octanol–water partition coefficient (Wildman–Crippen LogP) is 24.4. The molecule has 0 bridgehead atoms. The maximum Gasteiger partial charge on any atom is 0.0249 e. The van der Waals surface area contributed by atoms with Crippen LogP contribution in [0.5, 0.6) is 0 Å². The average molecular weight is 1430 g/mol. The lowest BCUT2D eigenvalue weighted by Crippen LogP contribution is -1.84. The monoisotopic (exact) mass is 1430 g/mol. The third-order valence-electron chi connectivity index (χ3n) is 15.0. The number of benzene rings is 10. The summed E-state index contributed by atoms with van der Waals surface area (Å²) in [4.78, 5) is 4.82. The molecule has 0 heterocycles. The summed E-state index contributed by atoms with van der Waals surface area (Å²) in [6, 6.07) is 82.3. The third kappa shape index (κ3) is 37.6. The van der Waals surface area contributed by atoms with Crippen LogP contribution in [-0.4, -0.2) is 0 Å². The van der Waals surface area contributed by atoms with Gasteiger partial charge in [0.1, 0.15) is 0 Å². The Kier molecular flexibility index (Phi) is 47.7. The molecule has 0 aliphatic carbocycles. The van der Waals surface area contributed by atoms with Gasteiger partial charge in [0.15, 0.2) is 0 Å². The van der Waals surface area contributed by atoms with Crippen LogP contribution in [0.3, 0.4) is 0 Å². The topological polar surface area (TPSA) is 0 Å². The molecule has 0 radical (unpaired) electrons. The highest BCUT2D eigenvalue weighted by molar-refractivity contribution is 7.81. The first kappa shape index (κ1) is 89.4. The zero-order valence-corrected chi connectivity index (χ0v) is 62.5. The molecular weight excluding hydrogens is 1340 g/mol. The zero-order chi connectivity index (χ0) is 67.5. The van der Waals surface area contributed by atoms with E-state index in [2.05, 4.69) is 278 Å². The molecule has 10 rings (SSSR count). The van der Waals surface area contributed by atoms with Crippen molar-refractivity contribution < 1.29 is 23.5 Å². The maximum absolute atomic E-state index is 4.26. The van der Waals surface area contributed by atoms with Gasteiger partial charge in [-0.1, -0.05) is 187 Å².